The van der Waals surface area contributed by atoms with E-state index < -0.39 is 0 Å². The summed E-state index contributed by atoms with van der Waals surface area (Å²) in [5, 5.41) is 6.68. The molecule has 1 heterocycles. The van der Waals surface area contributed by atoms with Crippen molar-refractivity contribution in [3.05, 3.63) is 95.6 Å². The quantitative estimate of drug-likeness (QED) is 0.527. The molecule has 4 heteroatoms. The third-order valence-electron chi connectivity index (χ3n) is 7.59. The van der Waals surface area contributed by atoms with Gasteiger partial charge in [-0.3, -0.25) is 9.69 Å². The molecule has 2 aliphatic rings. The lowest BCUT2D eigenvalue weighted by molar-refractivity contribution is -0.125. The fourth-order valence-corrected chi connectivity index (χ4v) is 5.47. The molecule has 0 spiro atoms. The minimum absolute atomic E-state index is 0.106. The minimum Gasteiger partial charge on any atom is -0.358 e. The lowest BCUT2D eigenvalue weighted by Crippen LogP contribution is -2.43. The van der Waals surface area contributed by atoms with Gasteiger partial charge in [-0.2, -0.15) is 0 Å². The Balaban J connectivity index is 1.45. The Hall–Kier alpha value is -2.69. The normalized spacial score (nSPS) is 23.0. The van der Waals surface area contributed by atoms with E-state index in [1.807, 2.05) is 0 Å². The Kier molecular flexibility index (Phi) is 8.36. The predicted octanol–water partition coefficient (Wildman–Crippen LogP) is 4.90. The van der Waals surface area contributed by atoms with E-state index >= 15 is 0 Å². The molecule has 0 radical (unpaired) electrons. The van der Waals surface area contributed by atoms with Gasteiger partial charge in [0.05, 0.1) is 6.04 Å². The van der Waals surface area contributed by atoms with E-state index in [-0.39, 0.29) is 17.9 Å². The number of likely N-dealkylation sites (tertiary alicyclic amines) is 1. The molecule has 4 rings (SSSR count). The number of benzene rings is 2. The lowest BCUT2D eigenvalue weighted by atomic mass is 9.85. The Bertz CT molecular complexity index is 945. The molecule has 2 aromatic rings. The van der Waals surface area contributed by atoms with E-state index in [0.717, 1.165) is 38.9 Å². The van der Waals surface area contributed by atoms with Gasteiger partial charge in [-0.25, -0.2) is 0 Å². The van der Waals surface area contributed by atoms with Gasteiger partial charge in [0, 0.05) is 38.6 Å². The number of nitrogens with zero attached hydrogens (tertiary/aromatic N) is 1. The smallest absolute Gasteiger partial charge is 0.237 e. The van der Waals surface area contributed by atoms with Gasteiger partial charge >= 0.3 is 0 Å². The van der Waals surface area contributed by atoms with Crippen LogP contribution in [0, 0.1) is 5.92 Å². The van der Waals surface area contributed by atoms with Crippen LogP contribution in [0.2, 0.25) is 0 Å². The van der Waals surface area contributed by atoms with Crippen molar-refractivity contribution in [2.45, 2.75) is 50.6 Å². The summed E-state index contributed by atoms with van der Waals surface area (Å²) in [5.74, 6) is 0.982. The molecule has 4 nitrogen and oxygen atoms in total. The van der Waals surface area contributed by atoms with E-state index in [1.54, 1.807) is 7.05 Å². The first-order valence-corrected chi connectivity index (χ1v) is 12.7. The van der Waals surface area contributed by atoms with Crippen LogP contribution in [0.4, 0.5) is 0 Å². The molecule has 2 aromatic carbocycles. The average molecular weight is 458 g/mol. The Morgan fingerprint density at radius 3 is 2.26 bits per heavy atom. The molecule has 3 atom stereocenters. The monoisotopic (exact) mass is 457 g/mol. The molecular formula is C30H39N3O. The molecule has 0 aromatic heterocycles. The molecule has 1 aliphatic carbocycles. The van der Waals surface area contributed by atoms with Crippen LogP contribution in [0.1, 0.15) is 49.7 Å². The largest absolute Gasteiger partial charge is 0.358 e. The molecule has 1 aliphatic heterocycles. The van der Waals surface area contributed by atoms with Gasteiger partial charge in [0.1, 0.15) is 0 Å². The first kappa shape index (κ1) is 24.4. The van der Waals surface area contributed by atoms with Crippen LogP contribution in [-0.4, -0.2) is 49.6 Å². The van der Waals surface area contributed by atoms with Crippen LogP contribution >= 0.6 is 0 Å². The van der Waals surface area contributed by atoms with Gasteiger partial charge in [-0.1, -0.05) is 84.5 Å². The van der Waals surface area contributed by atoms with Gasteiger partial charge in [-0.15, -0.1) is 0 Å². The van der Waals surface area contributed by atoms with Gasteiger partial charge in [0.2, 0.25) is 5.91 Å². The highest BCUT2D eigenvalue weighted by Crippen LogP contribution is 2.30. The maximum Gasteiger partial charge on any atom is 0.237 e. The number of likely N-dealkylation sites (N-methyl/N-ethyl adjacent to an activating group) is 1. The molecule has 34 heavy (non-hydrogen) atoms. The van der Waals surface area contributed by atoms with Crippen molar-refractivity contribution in [2.24, 2.45) is 5.92 Å². The van der Waals surface area contributed by atoms with E-state index in [9.17, 15) is 4.79 Å². The summed E-state index contributed by atoms with van der Waals surface area (Å²) in [4.78, 5) is 15.2. The standard InChI is InChI=1S/C30H39N3O/c1-22(2)24-16-14-23(15-17-24)19-32-27-18-29(30(34)31-3)33(20-27)21-28(25-10-6-4-7-11-25)26-12-8-5-9-13-26/h4-14,24,27-29,32H,1,15-21H2,2-3H3,(H,31,34)/t24-,27-,29+/m1/s1. The molecule has 1 fully saturated rings. The van der Waals surface area contributed by atoms with E-state index in [0.29, 0.717) is 12.0 Å². The third kappa shape index (κ3) is 6.05. The average Bonchev–Trinajstić information content (AvgIpc) is 3.29. The van der Waals surface area contributed by atoms with Crippen LogP contribution < -0.4 is 10.6 Å². The zero-order valence-electron chi connectivity index (χ0n) is 20.7. The fraction of sp³-hybridized carbons (Fsp3) is 0.433. The fourth-order valence-electron chi connectivity index (χ4n) is 5.47. The first-order valence-electron chi connectivity index (χ1n) is 12.7. The van der Waals surface area contributed by atoms with Gasteiger partial charge < -0.3 is 10.6 Å². The van der Waals surface area contributed by atoms with Crippen LogP contribution in [0.3, 0.4) is 0 Å². The number of hydrogen-bond acceptors (Lipinski definition) is 3. The van der Waals surface area contributed by atoms with Crippen LogP contribution in [0.15, 0.2) is 84.5 Å². The molecule has 0 bridgehead atoms. The van der Waals surface area contributed by atoms with Crippen molar-refractivity contribution >= 4 is 5.91 Å². The van der Waals surface area contributed by atoms with Gasteiger partial charge in [0.25, 0.3) is 0 Å². The summed E-state index contributed by atoms with van der Waals surface area (Å²) in [6, 6.07) is 21.5. The SMILES string of the molecule is C=C(C)[C@@H]1CC=C(CN[C@@H]2C[C@@H](C(=O)NC)N(CC(c3ccccc3)c3ccccc3)C2)CC1. The number of carbonyl (C=O) groups excluding carboxylic acids is 1. The van der Waals surface area contributed by atoms with Crippen molar-refractivity contribution < 1.29 is 4.79 Å². The number of allylic oxidation sites excluding steroid dienone is 2. The topological polar surface area (TPSA) is 44.4 Å². The van der Waals surface area contributed by atoms with Crippen molar-refractivity contribution in [2.75, 3.05) is 26.7 Å². The number of rotatable bonds is 9. The summed E-state index contributed by atoms with van der Waals surface area (Å²) in [5.41, 5.74) is 5.38. The van der Waals surface area contributed by atoms with Crippen LogP contribution in [-0.2, 0) is 4.79 Å². The Labute approximate surface area is 205 Å². The van der Waals surface area contributed by atoms with Gasteiger partial charge in [0.15, 0.2) is 0 Å². The van der Waals surface area contributed by atoms with E-state index in [4.69, 9.17) is 0 Å². The highest BCUT2D eigenvalue weighted by Gasteiger charge is 2.37. The number of hydrogen-bond donors (Lipinski definition) is 2. The second-order valence-electron chi connectivity index (χ2n) is 9.95. The predicted molar refractivity (Wildman–Crippen MR) is 141 cm³/mol. The summed E-state index contributed by atoms with van der Waals surface area (Å²) in [6.07, 6.45) is 6.71. The van der Waals surface area contributed by atoms with Crippen LogP contribution in [0.25, 0.3) is 0 Å². The number of carbonyl (C=O) groups is 1. The summed E-state index contributed by atoms with van der Waals surface area (Å²) >= 11 is 0. The molecular weight excluding hydrogens is 418 g/mol. The summed E-state index contributed by atoms with van der Waals surface area (Å²) in [6.45, 7) is 8.91. The second-order valence-corrected chi connectivity index (χ2v) is 9.95. The molecule has 1 amide bonds. The summed E-state index contributed by atoms with van der Waals surface area (Å²) in [7, 11) is 1.75. The number of nitrogens with one attached hydrogen (secondary N) is 2. The third-order valence-corrected chi connectivity index (χ3v) is 7.59. The maximum absolute atomic E-state index is 12.8. The van der Waals surface area contributed by atoms with Crippen molar-refractivity contribution in [1.29, 1.82) is 0 Å². The first-order chi connectivity index (χ1) is 16.5. The Morgan fingerprint density at radius 2 is 1.74 bits per heavy atom. The second kappa shape index (κ2) is 11.6. The maximum atomic E-state index is 12.8. The van der Waals surface area contributed by atoms with Crippen molar-refractivity contribution in [1.82, 2.24) is 15.5 Å². The molecule has 0 saturated carbocycles. The zero-order chi connectivity index (χ0) is 23.9. The zero-order valence-corrected chi connectivity index (χ0v) is 20.7. The highest BCUT2D eigenvalue weighted by atomic mass is 16.2. The van der Waals surface area contributed by atoms with E-state index in [2.05, 4.69) is 95.8 Å². The number of amides is 1. The van der Waals surface area contributed by atoms with Gasteiger partial charge in [-0.05, 0) is 49.7 Å². The van der Waals surface area contributed by atoms with Crippen LogP contribution in [0.5, 0.6) is 0 Å². The molecule has 2 N–H and O–H groups in total. The van der Waals surface area contributed by atoms with Crippen molar-refractivity contribution in [3.8, 4) is 0 Å². The van der Waals surface area contributed by atoms with E-state index in [1.165, 1.54) is 28.7 Å². The highest BCUT2D eigenvalue weighted by molar-refractivity contribution is 5.81. The van der Waals surface area contributed by atoms with Crippen molar-refractivity contribution in [3.63, 3.8) is 0 Å². The molecule has 180 valence electrons. The lowest BCUT2D eigenvalue weighted by Gasteiger charge is -2.28. The molecule has 0 unspecified atom stereocenters. The molecule has 1 saturated heterocycles. The Morgan fingerprint density at radius 1 is 1.09 bits per heavy atom. The summed E-state index contributed by atoms with van der Waals surface area (Å²) < 4.78 is 0. The minimum atomic E-state index is -0.106.